The third-order valence-corrected chi connectivity index (χ3v) is 5.48. The summed E-state index contributed by atoms with van der Waals surface area (Å²) in [4.78, 5) is 12.1. The quantitative estimate of drug-likeness (QED) is 0.159. The Morgan fingerprint density at radius 1 is 0.903 bits per heavy atom. The summed E-state index contributed by atoms with van der Waals surface area (Å²) in [5.74, 6) is 0.708. The van der Waals surface area contributed by atoms with Crippen LogP contribution in [0.15, 0.2) is 36.9 Å². The number of hydrogen-bond donors (Lipinski definition) is 2. The lowest BCUT2D eigenvalue weighted by Gasteiger charge is -2.09. The first-order chi connectivity index (χ1) is 15.3. The highest BCUT2D eigenvalue weighted by Gasteiger charge is 2.03. The second kappa shape index (κ2) is 20.1. The second-order valence-electron chi connectivity index (χ2n) is 8.45. The zero-order chi connectivity index (χ0) is 22.4. The average molecular weight is 431 g/mol. The van der Waals surface area contributed by atoms with Gasteiger partial charge in [-0.15, -0.1) is 0 Å². The third-order valence-electron chi connectivity index (χ3n) is 5.48. The van der Waals surface area contributed by atoms with Gasteiger partial charge in [-0.3, -0.25) is 4.79 Å². The number of amides is 1. The highest BCUT2D eigenvalue weighted by atomic mass is 16.5. The predicted molar refractivity (Wildman–Crippen MR) is 134 cm³/mol. The van der Waals surface area contributed by atoms with Gasteiger partial charge in [-0.2, -0.15) is 0 Å². The zero-order valence-corrected chi connectivity index (χ0v) is 19.9. The van der Waals surface area contributed by atoms with Crippen LogP contribution >= 0.6 is 0 Å². The monoisotopic (exact) mass is 430 g/mol. The number of rotatable bonds is 21. The van der Waals surface area contributed by atoms with E-state index in [1.807, 2.05) is 24.3 Å². The molecule has 0 aliphatic carbocycles. The molecule has 0 spiro atoms. The van der Waals surface area contributed by atoms with Crippen LogP contribution in [0.1, 0.15) is 96.8 Å². The summed E-state index contributed by atoms with van der Waals surface area (Å²) < 4.78 is 5.49. The van der Waals surface area contributed by atoms with Gasteiger partial charge >= 0.3 is 0 Å². The maximum atomic E-state index is 12.1. The highest BCUT2D eigenvalue weighted by Crippen LogP contribution is 2.17. The molecule has 0 atom stereocenters. The van der Waals surface area contributed by atoms with Crippen molar-refractivity contribution < 1.29 is 9.53 Å². The van der Waals surface area contributed by atoms with E-state index in [4.69, 9.17) is 4.74 Å². The Kier molecular flexibility index (Phi) is 17.7. The Morgan fingerprint density at radius 2 is 1.48 bits per heavy atom. The molecule has 4 heteroatoms. The van der Waals surface area contributed by atoms with Crippen molar-refractivity contribution >= 4 is 11.6 Å². The van der Waals surface area contributed by atoms with Crippen LogP contribution in [0.5, 0.6) is 5.75 Å². The van der Waals surface area contributed by atoms with Crippen LogP contribution in [-0.4, -0.2) is 25.6 Å². The van der Waals surface area contributed by atoms with Crippen LogP contribution in [0.4, 0.5) is 5.69 Å². The second-order valence-corrected chi connectivity index (χ2v) is 8.45. The van der Waals surface area contributed by atoms with Crippen LogP contribution in [0.2, 0.25) is 0 Å². The molecule has 0 saturated heterocycles. The minimum absolute atomic E-state index is 0.0220. The fourth-order valence-corrected chi connectivity index (χ4v) is 3.67. The molecule has 0 aromatic heterocycles. The molecule has 0 bridgehead atoms. The van der Waals surface area contributed by atoms with E-state index >= 15 is 0 Å². The molecule has 4 nitrogen and oxygen atoms in total. The first kappa shape index (κ1) is 27.2. The Bertz CT molecular complexity index is 574. The molecule has 0 radical (unpaired) electrons. The molecule has 0 unspecified atom stereocenters. The largest absolute Gasteiger partial charge is 0.489 e. The fraction of sp³-hybridized carbons (Fsp3) is 0.667. The number of ether oxygens (including phenoxy) is 1. The van der Waals surface area contributed by atoms with Crippen molar-refractivity contribution in [1.29, 1.82) is 0 Å². The van der Waals surface area contributed by atoms with E-state index < -0.39 is 0 Å². The molecule has 0 aliphatic rings. The molecule has 1 rings (SSSR count). The molecule has 0 heterocycles. The minimum atomic E-state index is -0.0220. The lowest BCUT2D eigenvalue weighted by Crippen LogP contribution is -2.28. The van der Waals surface area contributed by atoms with Crippen molar-refractivity contribution in [3.8, 4) is 5.75 Å². The van der Waals surface area contributed by atoms with E-state index in [2.05, 4.69) is 24.1 Å². The van der Waals surface area contributed by atoms with Crippen LogP contribution in [-0.2, 0) is 4.79 Å². The van der Waals surface area contributed by atoms with Gasteiger partial charge in [-0.05, 0) is 25.1 Å². The number of unbranched alkanes of at least 4 members (excludes halogenated alkanes) is 13. The maximum Gasteiger partial charge on any atom is 0.238 e. The zero-order valence-electron chi connectivity index (χ0n) is 19.9. The van der Waals surface area contributed by atoms with Crippen molar-refractivity contribution in [1.82, 2.24) is 5.32 Å². The van der Waals surface area contributed by atoms with Crippen molar-refractivity contribution in [3.05, 3.63) is 36.9 Å². The van der Waals surface area contributed by atoms with Crippen LogP contribution < -0.4 is 15.4 Å². The van der Waals surface area contributed by atoms with E-state index in [0.29, 0.717) is 13.2 Å². The summed E-state index contributed by atoms with van der Waals surface area (Å²) in [6.45, 7) is 7.61. The average Bonchev–Trinajstić information content (AvgIpc) is 2.77. The molecular weight excluding hydrogens is 384 g/mol. The van der Waals surface area contributed by atoms with Crippen molar-refractivity contribution in [3.63, 3.8) is 0 Å². The van der Waals surface area contributed by atoms with Gasteiger partial charge in [0, 0.05) is 11.8 Å². The third kappa shape index (κ3) is 16.5. The van der Waals surface area contributed by atoms with E-state index in [-0.39, 0.29) is 5.91 Å². The van der Waals surface area contributed by atoms with E-state index in [0.717, 1.165) is 24.4 Å². The van der Waals surface area contributed by atoms with Gasteiger partial charge in [0.05, 0.1) is 6.54 Å². The van der Waals surface area contributed by atoms with Crippen molar-refractivity contribution in [2.24, 2.45) is 0 Å². The normalized spacial score (nSPS) is 10.7. The van der Waals surface area contributed by atoms with E-state index in [1.165, 1.54) is 83.5 Å². The van der Waals surface area contributed by atoms with Crippen LogP contribution in [0.3, 0.4) is 0 Å². The number of hydrogen-bond acceptors (Lipinski definition) is 3. The van der Waals surface area contributed by atoms with Crippen molar-refractivity contribution in [2.45, 2.75) is 96.8 Å². The lowest BCUT2D eigenvalue weighted by atomic mass is 10.0. The standard InChI is InChI=1S/C27H46N2O2/c1-3-5-6-7-8-9-10-11-12-13-14-15-16-17-21-28-24-27(30)29-25-19-18-20-26(23-25)31-22-4-2/h4,18-20,23,28H,2-3,5-17,21-22,24H2,1H3,(H,29,30). The number of anilines is 1. The molecule has 2 N–H and O–H groups in total. The summed E-state index contributed by atoms with van der Waals surface area (Å²) in [7, 11) is 0. The topological polar surface area (TPSA) is 50.4 Å². The Balaban J connectivity index is 1.89. The first-order valence-electron chi connectivity index (χ1n) is 12.6. The molecule has 0 saturated carbocycles. The predicted octanol–water partition coefficient (Wildman–Crippen LogP) is 7.26. The van der Waals surface area contributed by atoms with E-state index in [9.17, 15) is 4.79 Å². The van der Waals surface area contributed by atoms with Gasteiger partial charge in [0.2, 0.25) is 5.91 Å². The Hall–Kier alpha value is -1.81. The van der Waals surface area contributed by atoms with Gasteiger partial charge in [0.1, 0.15) is 12.4 Å². The van der Waals surface area contributed by atoms with Gasteiger partial charge < -0.3 is 15.4 Å². The molecular formula is C27H46N2O2. The Morgan fingerprint density at radius 3 is 2.06 bits per heavy atom. The summed E-state index contributed by atoms with van der Waals surface area (Å²) in [6, 6.07) is 7.43. The number of carbonyl (C=O) groups is 1. The maximum absolute atomic E-state index is 12.1. The van der Waals surface area contributed by atoms with E-state index in [1.54, 1.807) is 6.08 Å². The number of benzene rings is 1. The molecule has 176 valence electrons. The summed E-state index contributed by atoms with van der Waals surface area (Å²) in [6.07, 6.45) is 20.8. The Labute approximate surface area is 191 Å². The smallest absolute Gasteiger partial charge is 0.238 e. The molecule has 1 amide bonds. The molecule has 0 fully saturated rings. The van der Waals surface area contributed by atoms with Crippen molar-refractivity contribution in [2.75, 3.05) is 25.0 Å². The summed E-state index contributed by atoms with van der Waals surface area (Å²) in [5, 5.41) is 6.14. The molecule has 1 aromatic rings. The SMILES string of the molecule is C=CCOc1cccc(NC(=O)CNCCCCCCCCCCCCCCCC)c1. The summed E-state index contributed by atoms with van der Waals surface area (Å²) in [5.41, 5.74) is 0.754. The van der Waals surface area contributed by atoms with Gasteiger partial charge in [-0.1, -0.05) is 109 Å². The lowest BCUT2D eigenvalue weighted by molar-refractivity contribution is -0.115. The molecule has 1 aromatic carbocycles. The fourth-order valence-electron chi connectivity index (χ4n) is 3.67. The first-order valence-corrected chi connectivity index (χ1v) is 12.6. The van der Waals surface area contributed by atoms with Crippen LogP contribution in [0.25, 0.3) is 0 Å². The van der Waals surface area contributed by atoms with Crippen LogP contribution in [0, 0.1) is 0 Å². The number of carbonyl (C=O) groups excluding carboxylic acids is 1. The van der Waals surface area contributed by atoms with Gasteiger partial charge in [0.25, 0.3) is 0 Å². The minimum Gasteiger partial charge on any atom is -0.489 e. The number of nitrogens with one attached hydrogen (secondary N) is 2. The highest BCUT2D eigenvalue weighted by molar-refractivity contribution is 5.92. The molecule has 31 heavy (non-hydrogen) atoms. The molecule has 0 aliphatic heterocycles. The van der Waals surface area contributed by atoms with Gasteiger partial charge in [-0.25, -0.2) is 0 Å². The summed E-state index contributed by atoms with van der Waals surface area (Å²) >= 11 is 0. The van der Waals surface area contributed by atoms with Gasteiger partial charge in [0.15, 0.2) is 0 Å².